The Kier molecular flexibility index (Phi) is 9.77. The summed E-state index contributed by atoms with van der Waals surface area (Å²) in [5.74, 6) is 0.551. The third-order valence-corrected chi connectivity index (χ3v) is 8.69. The van der Waals surface area contributed by atoms with Crippen LogP contribution in [-0.2, 0) is 41.5 Å². The Hall–Kier alpha value is -1.33. The van der Waals surface area contributed by atoms with E-state index < -0.39 is 0 Å². The van der Waals surface area contributed by atoms with Crippen LogP contribution in [0, 0.1) is 18.1 Å². The van der Waals surface area contributed by atoms with Gasteiger partial charge in [-0.15, -0.1) is 18.1 Å². The summed E-state index contributed by atoms with van der Waals surface area (Å²) in [7, 11) is 0. The van der Waals surface area contributed by atoms with Gasteiger partial charge in [-0.25, -0.2) is 11.1 Å². The van der Waals surface area contributed by atoms with Crippen molar-refractivity contribution in [1.29, 1.82) is 0 Å². The van der Waals surface area contributed by atoms with E-state index in [1.807, 2.05) is 0 Å². The molecule has 36 heavy (non-hydrogen) atoms. The van der Waals surface area contributed by atoms with Gasteiger partial charge in [0.25, 0.3) is 0 Å². The van der Waals surface area contributed by atoms with Crippen molar-refractivity contribution in [3.05, 3.63) is 82.0 Å². The van der Waals surface area contributed by atoms with Gasteiger partial charge < -0.3 is 0 Å². The molecule has 0 bridgehead atoms. The van der Waals surface area contributed by atoms with E-state index in [1.165, 1.54) is 76.6 Å². The molecule has 0 nitrogen and oxygen atoms in total. The van der Waals surface area contributed by atoms with Crippen LogP contribution < -0.4 is 0 Å². The molecule has 3 aliphatic carbocycles. The van der Waals surface area contributed by atoms with Gasteiger partial charge in [0.1, 0.15) is 0 Å². The van der Waals surface area contributed by atoms with E-state index >= 15 is 0 Å². The molecule has 0 aromatic heterocycles. The first-order valence-electron chi connectivity index (χ1n) is 13.8. The Balaban J connectivity index is 0.000000196. The van der Waals surface area contributed by atoms with Crippen molar-refractivity contribution in [2.24, 2.45) is 5.92 Å². The van der Waals surface area contributed by atoms with E-state index in [4.69, 9.17) is 0 Å². The van der Waals surface area contributed by atoms with E-state index in [0.29, 0.717) is 5.92 Å². The molecule has 0 radical (unpaired) electrons. The van der Waals surface area contributed by atoms with E-state index in [2.05, 4.69) is 111 Å². The molecule has 5 rings (SSSR count). The maximum absolute atomic E-state index is 3.67. The molecule has 0 saturated heterocycles. The first-order chi connectivity index (χ1) is 16.8. The fraction of sp³-hybridized carbons (Fsp3) is 0.514. The van der Waals surface area contributed by atoms with Crippen molar-refractivity contribution in [2.45, 2.75) is 112 Å². The predicted molar refractivity (Wildman–Crippen MR) is 154 cm³/mol. The van der Waals surface area contributed by atoms with Gasteiger partial charge in [0.15, 0.2) is 0 Å². The van der Waals surface area contributed by atoms with Crippen molar-refractivity contribution in [2.75, 3.05) is 0 Å². The van der Waals surface area contributed by atoms with Gasteiger partial charge in [-0.2, -0.15) is 29.8 Å². The number of allylic oxidation sites excluding steroid dienone is 4. The Morgan fingerprint density at radius 3 is 1.92 bits per heavy atom. The van der Waals surface area contributed by atoms with Gasteiger partial charge in [-0.1, -0.05) is 85.1 Å². The second-order valence-corrected chi connectivity index (χ2v) is 14.6. The average Bonchev–Trinajstić information content (AvgIpc) is 3.30. The van der Waals surface area contributed by atoms with Gasteiger partial charge in [0, 0.05) is 0 Å². The summed E-state index contributed by atoms with van der Waals surface area (Å²) < 4.78 is 1.80. The van der Waals surface area contributed by atoms with Crippen LogP contribution in [0.2, 0.25) is 0 Å². The summed E-state index contributed by atoms with van der Waals surface area (Å²) in [5, 5.41) is 0. The summed E-state index contributed by atoms with van der Waals surface area (Å²) in [6, 6.07) is 15.2. The second-order valence-electron chi connectivity index (χ2n) is 12.9. The fourth-order valence-electron chi connectivity index (χ4n) is 5.00. The molecule has 2 aromatic carbocycles. The van der Waals surface area contributed by atoms with Crippen LogP contribution in [0.15, 0.2) is 47.6 Å². The monoisotopic (exact) mass is 556 g/mol. The number of rotatable bonds is 0. The molecule has 0 aliphatic heterocycles. The van der Waals surface area contributed by atoms with Crippen molar-refractivity contribution in [3.63, 3.8) is 0 Å². The molecule has 1 saturated carbocycles. The zero-order chi connectivity index (χ0) is 26.7. The number of fused-ring (bicyclic) bond motifs is 3. The molecule has 0 N–H and O–H groups in total. The summed E-state index contributed by atoms with van der Waals surface area (Å²) >= 11 is 1.69. The van der Waals surface area contributed by atoms with Gasteiger partial charge >= 0.3 is 59.5 Å². The Bertz CT molecular complexity index is 1060. The third kappa shape index (κ3) is 7.84. The van der Waals surface area contributed by atoms with Crippen LogP contribution in [0.3, 0.4) is 0 Å². The number of benzene rings is 2. The topological polar surface area (TPSA) is 0 Å². The summed E-state index contributed by atoms with van der Waals surface area (Å²) in [4.78, 5) is 0. The van der Waals surface area contributed by atoms with Gasteiger partial charge in [-0.3, -0.25) is 6.08 Å². The molecule has 1 atom stereocenters. The van der Waals surface area contributed by atoms with E-state index in [0.717, 1.165) is 6.42 Å². The standard InChI is InChI=1S/C21H25.C8H11.C6H10.Zr/c1-20(2,3)16-7-9-18-14(12-16)11-15-13-17(21(4,5)6)8-10-19(15)18;1-6-4-7(2)8(3)5-6;1-2-4-6-5-3-1;/h7-10,12H,11H2,1-6H3;4,6H,1-3H3;1-5H2;/q2*-1;;+2. The Labute approximate surface area is 237 Å². The number of hydrogen-bond acceptors (Lipinski definition) is 0. The van der Waals surface area contributed by atoms with Crippen LogP contribution in [0.4, 0.5) is 0 Å². The van der Waals surface area contributed by atoms with Crippen LogP contribution in [-0.4, -0.2) is 3.21 Å². The van der Waals surface area contributed by atoms with Gasteiger partial charge in [0.2, 0.25) is 0 Å². The van der Waals surface area contributed by atoms with Crippen molar-refractivity contribution < 1.29 is 24.2 Å². The molecule has 0 amide bonds. The van der Waals surface area contributed by atoms with Crippen molar-refractivity contribution in [3.8, 4) is 11.1 Å². The van der Waals surface area contributed by atoms with Crippen LogP contribution >= 0.6 is 0 Å². The van der Waals surface area contributed by atoms with E-state index in [9.17, 15) is 0 Å². The van der Waals surface area contributed by atoms with Crippen molar-refractivity contribution in [1.82, 2.24) is 0 Å². The molecule has 1 heteroatoms. The third-order valence-electron chi connectivity index (χ3n) is 7.46. The quantitative estimate of drug-likeness (QED) is 0.241. The minimum absolute atomic E-state index is 0.167. The maximum atomic E-state index is 3.67. The molecule has 0 heterocycles. The molecular weight excluding hydrogens is 512 g/mol. The Morgan fingerprint density at radius 2 is 1.47 bits per heavy atom. The molecule has 2 aromatic rings. The number of hydrogen-bond donors (Lipinski definition) is 0. The van der Waals surface area contributed by atoms with E-state index in [-0.39, 0.29) is 10.8 Å². The molecule has 3 aliphatic rings. The van der Waals surface area contributed by atoms with E-state index in [1.54, 1.807) is 27.4 Å². The molecule has 1 fully saturated rings. The summed E-state index contributed by atoms with van der Waals surface area (Å²) in [5.41, 5.74) is 11.4. The first-order valence-corrected chi connectivity index (χ1v) is 15.0. The zero-order valence-electron chi connectivity index (χ0n) is 24.3. The van der Waals surface area contributed by atoms with Gasteiger partial charge in [-0.05, 0) is 28.4 Å². The summed E-state index contributed by atoms with van der Waals surface area (Å²) in [6.07, 6.45) is 13.9. The van der Waals surface area contributed by atoms with Crippen LogP contribution in [0.1, 0.15) is 117 Å². The predicted octanol–water partition coefficient (Wildman–Crippen LogP) is 9.65. The minimum atomic E-state index is 0.167. The molecule has 0 spiro atoms. The summed E-state index contributed by atoms with van der Waals surface area (Å²) in [6.45, 7) is 20.0. The first kappa shape index (κ1) is 29.2. The molecule has 190 valence electrons. The molecule has 1 unspecified atom stereocenters. The normalized spacial score (nSPS) is 18.8. The average molecular weight is 558 g/mol. The van der Waals surface area contributed by atoms with Gasteiger partial charge in [0.05, 0.1) is 0 Å². The SMILES string of the molecule is CC(C)(C)c1[c-]c2c(cc1)-c1ccc(C(C)(C)C)cc1C2.CC1=[C-]C(C)C=C1C.[Zr+2]=[C]1CCCCC1. The molecular formula is C35H46Zr. The zero-order valence-corrected chi connectivity index (χ0v) is 26.7. The Morgan fingerprint density at radius 1 is 0.833 bits per heavy atom. The van der Waals surface area contributed by atoms with Crippen molar-refractivity contribution >= 4 is 3.21 Å². The fourth-order valence-corrected chi connectivity index (χ4v) is 5.87. The van der Waals surface area contributed by atoms with Crippen LogP contribution in [0.25, 0.3) is 11.1 Å². The second kappa shape index (κ2) is 12.0. The van der Waals surface area contributed by atoms with Crippen LogP contribution in [0.5, 0.6) is 0 Å².